The van der Waals surface area contributed by atoms with E-state index in [1.165, 1.54) is 12.1 Å². The van der Waals surface area contributed by atoms with Gasteiger partial charge in [0.15, 0.2) is 5.75 Å². The molecule has 0 saturated carbocycles. The van der Waals surface area contributed by atoms with Gasteiger partial charge in [0.25, 0.3) is 10.0 Å². The SMILES string of the molecule is CCOc1cc(/C=N/NS(=O)(=O)c2ccc(F)cc2)cc([N+](=O)[O-])c1OCC. The number of halogens is 1. The molecule has 0 unspecified atom stereocenters. The van der Waals surface area contributed by atoms with Crippen LogP contribution in [0.5, 0.6) is 11.5 Å². The maximum Gasteiger partial charge on any atom is 0.315 e. The van der Waals surface area contributed by atoms with Crippen molar-refractivity contribution < 1.29 is 27.2 Å². The van der Waals surface area contributed by atoms with Gasteiger partial charge in [0, 0.05) is 11.6 Å². The van der Waals surface area contributed by atoms with E-state index in [2.05, 4.69) is 5.10 Å². The van der Waals surface area contributed by atoms with Crippen molar-refractivity contribution in [2.75, 3.05) is 13.2 Å². The number of nitro benzene ring substituents is 1. The van der Waals surface area contributed by atoms with Crippen LogP contribution in [0.2, 0.25) is 0 Å². The second-order valence-electron chi connectivity index (χ2n) is 5.30. The lowest BCUT2D eigenvalue weighted by molar-refractivity contribution is -0.385. The smallest absolute Gasteiger partial charge is 0.315 e. The Morgan fingerprint density at radius 3 is 2.39 bits per heavy atom. The normalized spacial score (nSPS) is 11.4. The first-order valence-electron chi connectivity index (χ1n) is 8.17. The Morgan fingerprint density at radius 2 is 1.82 bits per heavy atom. The summed E-state index contributed by atoms with van der Waals surface area (Å²) in [6.45, 7) is 3.83. The van der Waals surface area contributed by atoms with Crippen LogP contribution in [-0.4, -0.2) is 32.8 Å². The Balaban J connectivity index is 2.31. The van der Waals surface area contributed by atoms with Gasteiger partial charge in [-0.25, -0.2) is 9.22 Å². The third kappa shape index (κ3) is 5.16. The summed E-state index contributed by atoms with van der Waals surface area (Å²) in [6.07, 6.45) is 1.09. The summed E-state index contributed by atoms with van der Waals surface area (Å²) >= 11 is 0. The molecule has 9 nitrogen and oxygen atoms in total. The molecule has 2 aromatic rings. The van der Waals surface area contributed by atoms with Crippen LogP contribution in [-0.2, 0) is 10.0 Å². The van der Waals surface area contributed by atoms with Gasteiger partial charge in [-0.2, -0.15) is 13.5 Å². The highest BCUT2D eigenvalue weighted by atomic mass is 32.2. The molecule has 28 heavy (non-hydrogen) atoms. The van der Waals surface area contributed by atoms with E-state index in [4.69, 9.17) is 9.47 Å². The number of benzene rings is 2. The van der Waals surface area contributed by atoms with E-state index < -0.39 is 20.8 Å². The van der Waals surface area contributed by atoms with E-state index in [-0.39, 0.29) is 40.9 Å². The topological polar surface area (TPSA) is 120 Å². The number of hydrazone groups is 1. The highest BCUT2D eigenvalue weighted by Crippen LogP contribution is 2.38. The minimum absolute atomic E-state index is 0.0154. The van der Waals surface area contributed by atoms with Crippen molar-refractivity contribution in [2.24, 2.45) is 5.10 Å². The number of hydrogen-bond acceptors (Lipinski definition) is 7. The van der Waals surface area contributed by atoms with Gasteiger partial charge < -0.3 is 9.47 Å². The number of rotatable bonds is 9. The maximum atomic E-state index is 12.9. The lowest BCUT2D eigenvalue weighted by Crippen LogP contribution is -2.18. The lowest BCUT2D eigenvalue weighted by atomic mass is 10.2. The molecule has 11 heteroatoms. The molecule has 0 aliphatic carbocycles. The van der Waals surface area contributed by atoms with E-state index in [0.717, 1.165) is 30.5 Å². The summed E-state index contributed by atoms with van der Waals surface area (Å²) in [5, 5.41) is 14.9. The Labute approximate surface area is 161 Å². The minimum atomic E-state index is -4.02. The summed E-state index contributed by atoms with van der Waals surface area (Å²) in [4.78, 5) is 12.5. The third-order valence-corrected chi connectivity index (χ3v) is 4.59. The molecular weight excluding hydrogens is 393 g/mol. The summed E-state index contributed by atoms with van der Waals surface area (Å²) in [5.74, 6) is -0.451. The van der Waals surface area contributed by atoms with E-state index >= 15 is 0 Å². The fourth-order valence-electron chi connectivity index (χ4n) is 2.21. The molecule has 0 aliphatic rings. The van der Waals surface area contributed by atoms with Gasteiger partial charge in [0.1, 0.15) is 5.82 Å². The average molecular weight is 411 g/mol. The van der Waals surface area contributed by atoms with E-state index in [1.54, 1.807) is 13.8 Å². The molecule has 0 aromatic heterocycles. The Morgan fingerprint density at radius 1 is 1.18 bits per heavy atom. The average Bonchev–Trinajstić information content (AvgIpc) is 2.64. The maximum absolute atomic E-state index is 12.9. The van der Waals surface area contributed by atoms with Crippen LogP contribution in [0.15, 0.2) is 46.4 Å². The van der Waals surface area contributed by atoms with Crippen LogP contribution >= 0.6 is 0 Å². The second kappa shape index (κ2) is 9.13. The minimum Gasteiger partial charge on any atom is -0.490 e. The van der Waals surface area contributed by atoms with Crippen molar-refractivity contribution in [3.8, 4) is 11.5 Å². The Hall–Kier alpha value is -3.21. The lowest BCUT2D eigenvalue weighted by Gasteiger charge is -2.11. The van der Waals surface area contributed by atoms with E-state index in [1.807, 2.05) is 4.83 Å². The van der Waals surface area contributed by atoms with Gasteiger partial charge in [-0.05, 0) is 44.2 Å². The molecule has 0 bridgehead atoms. The predicted octanol–water partition coefficient (Wildman–Crippen LogP) is 2.84. The van der Waals surface area contributed by atoms with Crippen LogP contribution < -0.4 is 14.3 Å². The highest BCUT2D eigenvalue weighted by Gasteiger charge is 2.22. The van der Waals surface area contributed by atoms with Crippen LogP contribution in [0.25, 0.3) is 0 Å². The van der Waals surface area contributed by atoms with Crippen LogP contribution in [0.1, 0.15) is 19.4 Å². The standard InChI is InChI=1S/C17H18FN3O6S/c1-3-26-16-10-12(9-15(21(22)23)17(16)27-4-2)11-19-20-28(24,25)14-7-5-13(18)6-8-14/h5-11,20H,3-4H2,1-2H3/b19-11+. The van der Waals surface area contributed by atoms with Crippen molar-refractivity contribution >= 4 is 21.9 Å². The van der Waals surface area contributed by atoms with Crippen molar-refractivity contribution in [3.05, 3.63) is 57.9 Å². The first kappa shape index (κ1) is 21.1. The summed E-state index contributed by atoms with van der Waals surface area (Å²) in [6, 6.07) is 6.80. The van der Waals surface area contributed by atoms with Crippen molar-refractivity contribution in [1.82, 2.24) is 4.83 Å². The summed E-state index contributed by atoms with van der Waals surface area (Å²) < 4.78 is 47.8. The zero-order chi connectivity index (χ0) is 20.7. The second-order valence-corrected chi connectivity index (χ2v) is 6.96. The fraction of sp³-hybridized carbons (Fsp3) is 0.235. The van der Waals surface area contributed by atoms with Crippen molar-refractivity contribution in [3.63, 3.8) is 0 Å². The monoisotopic (exact) mass is 411 g/mol. The molecule has 1 N–H and O–H groups in total. The Kier molecular flexibility index (Phi) is 6.88. The molecule has 0 amide bonds. The van der Waals surface area contributed by atoms with Gasteiger partial charge in [-0.15, -0.1) is 0 Å². The van der Waals surface area contributed by atoms with Crippen LogP contribution in [0.4, 0.5) is 10.1 Å². The van der Waals surface area contributed by atoms with Crippen LogP contribution in [0, 0.1) is 15.9 Å². The quantitative estimate of drug-likeness (QED) is 0.385. The van der Waals surface area contributed by atoms with Crippen molar-refractivity contribution in [2.45, 2.75) is 18.7 Å². The van der Waals surface area contributed by atoms with Gasteiger partial charge in [0.2, 0.25) is 5.75 Å². The first-order chi connectivity index (χ1) is 13.3. The molecule has 0 heterocycles. The van der Waals surface area contributed by atoms with E-state index in [9.17, 15) is 22.9 Å². The third-order valence-electron chi connectivity index (χ3n) is 3.35. The molecule has 0 saturated heterocycles. The number of nitro groups is 1. The fourth-order valence-corrected chi connectivity index (χ4v) is 3.00. The molecule has 2 rings (SSSR count). The largest absolute Gasteiger partial charge is 0.490 e. The number of ether oxygens (including phenoxy) is 2. The number of hydrogen-bond donors (Lipinski definition) is 1. The molecule has 0 fully saturated rings. The molecular formula is C17H18FN3O6S. The predicted molar refractivity (Wildman–Crippen MR) is 99.7 cm³/mol. The number of nitrogens with zero attached hydrogens (tertiary/aromatic N) is 2. The molecule has 0 radical (unpaired) electrons. The summed E-state index contributed by atoms with van der Waals surface area (Å²) in [7, 11) is -4.02. The molecule has 2 aromatic carbocycles. The summed E-state index contributed by atoms with van der Waals surface area (Å²) in [5.41, 5.74) is -0.115. The van der Waals surface area contributed by atoms with Crippen LogP contribution in [0.3, 0.4) is 0 Å². The van der Waals surface area contributed by atoms with Gasteiger partial charge in [0.05, 0.1) is 29.2 Å². The van der Waals surface area contributed by atoms with E-state index in [0.29, 0.717) is 0 Å². The number of sulfonamides is 1. The first-order valence-corrected chi connectivity index (χ1v) is 9.65. The van der Waals surface area contributed by atoms with Gasteiger partial charge in [-0.3, -0.25) is 10.1 Å². The Bertz CT molecular complexity index is 977. The molecule has 150 valence electrons. The molecule has 0 spiro atoms. The molecule has 0 atom stereocenters. The van der Waals surface area contributed by atoms with Gasteiger partial charge in [-0.1, -0.05) is 0 Å². The van der Waals surface area contributed by atoms with Crippen molar-refractivity contribution in [1.29, 1.82) is 0 Å². The molecule has 0 aliphatic heterocycles. The zero-order valence-corrected chi connectivity index (χ0v) is 15.9. The number of nitrogens with one attached hydrogen (secondary N) is 1. The van der Waals surface area contributed by atoms with Gasteiger partial charge >= 0.3 is 5.69 Å². The highest BCUT2D eigenvalue weighted by molar-refractivity contribution is 7.89. The zero-order valence-electron chi connectivity index (χ0n) is 15.1.